The molecule has 110 valence electrons. The fourth-order valence-electron chi connectivity index (χ4n) is 6.40. The van der Waals surface area contributed by atoms with Crippen LogP contribution in [-0.2, 0) is 0 Å². The lowest BCUT2D eigenvalue weighted by atomic mass is 9.33. The van der Waals surface area contributed by atoms with Gasteiger partial charge in [0, 0.05) is 0 Å². The van der Waals surface area contributed by atoms with Crippen molar-refractivity contribution in [3.63, 3.8) is 0 Å². The van der Waals surface area contributed by atoms with E-state index in [4.69, 9.17) is 0 Å². The van der Waals surface area contributed by atoms with Crippen LogP contribution in [0.5, 0.6) is 0 Å². The molecule has 0 radical (unpaired) electrons. The van der Waals surface area contributed by atoms with E-state index < -0.39 is 0 Å². The third-order valence-corrected chi connectivity index (χ3v) is 8.24. The smallest absolute Gasteiger partial charge is 0.0184 e. The molecule has 0 aliphatic heterocycles. The molecule has 4 unspecified atom stereocenters. The summed E-state index contributed by atoms with van der Waals surface area (Å²) in [6.45, 7) is 12.4. The molecule has 3 aliphatic carbocycles. The predicted octanol–water partition coefficient (Wildman–Crippen LogP) is 6.06. The zero-order valence-electron chi connectivity index (χ0n) is 13.9. The number of fused-ring (bicyclic) bond motifs is 1. The Labute approximate surface area is 120 Å². The summed E-state index contributed by atoms with van der Waals surface area (Å²) in [7, 11) is 0. The monoisotopic (exact) mass is 262 g/mol. The van der Waals surface area contributed by atoms with Crippen LogP contribution in [0, 0.1) is 34.0 Å². The molecule has 0 heteroatoms. The SMILES string of the molecule is CCC(C)CC(C)C1CC1(CC)C12CCC1(C)CC2. The van der Waals surface area contributed by atoms with Crippen molar-refractivity contribution < 1.29 is 0 Å². The highest BCUT2D eigenvalue weighted by Crippen LogP contribution is 2.85. The summed E-state index contributed by atoms with van der Waals surface area (Å²) in [4.78, 5) is 0. The Morgan fingerprint density at radius 3 is 2.05 bits per heavy atom. The van der Waals surface area contributed by atoms with Crippen molar-refractivity contribution in [1.82, 2.24) is 0 Å². The predicted molar refractivity (Wildman–Crippen MR) is 83.1 cm³/mol. The highest BCUT2D eigenvalue weighted by molar-refractivity contribution is 5.26. The van der Waals surface area contributed by atoms with Gasteiger partial charge in [0.2, 0.25) is 0 Å². The van der Waals surface area contributed by atoms with Crippen molar-refractivity contribution in [2.24, 2.45) is 34.0 Å². The maximum Gasteiger partial charge on any atom is -0.0184 e. The van der Waals surface area contributed by atoms with E-state index in [1.807, 2.05) is 0 Å². The second-order valence-corrected chi connectivity index (χ2v) is 8.69. The van der Waals surface area contributed by atoms with Gasteiger partial charge in [0.1, 0.15) is 0 Å². The van der Waals surface area contributed by atoms with E-state index in [1.165, 1.54) is 32.1 Å². The van der Waals surface area contributed by atoms with E-state index in [-0.39, 0.29) is 0 Å². The summed E-state index contributed by atoms with van der Waals surface area (Å²) >= 11 is 0. The third kappa shape index (κ3) is 1.58. The summed E-state index contributed by atoms with van der Waals surface area (Å²) < 4.78 is 0. The zero-order chi connectivity index (χ0) is 13.9. The van der Waals surface area contributed by atoms with Gasteiger partial charge in [-0.1, -0.05) is 41.0 Å². The fraction of sp³-hybridized carbons (Fsp3) is 1.00. The molecule has 0 amide bonds. The molecule has 0 bridgehead atoms. The molecule has 3 saturated carbocycles. The fourth-order valence-corrected chi connectivity index (χ4v) is 6.40. The van der Waals surface area contributed by atoms with Gasteiger partial charge in [-0.15, -0.1) is 0 Å². The Morgan fingerprint density at radius 1 is 1.05 bits per heavy atom. The first kappa shape index (κ1) is 14.0. The van der Waals surface area contributed by atoms with Gasteiger partial charge in [0.15, 0.2) is 0 Å². The molecule has 3 fully saturated rings. The van der Waals surface area contributed by atoms with E-state index in [0.29, 0.717) is 0 Å². The first-order valence-electron chi connectivity index (χ1n) is 8.95. The van der Waals surface area contributed by atoms with E-state index >= 15 is 0 Å². The summed E-state index contributed by atoms with van der Waals surface area (Å²) in [6.07, 6.45) is 12.0. The number of hydrogen-bond donors (Lipinski definition) is 0. The lowest BCUT2D eigenvalue weighted by molar-refractivity contribution is -0.220. The second kappa shape index (κ2) is 4.25. The Bertz CT molecular complexity index is 347. The Balaban J connectivity index is 1.71. The standard InChI is InChI=1S/C19H34/c1-6-14(3)12-15(4)16-13-18(16,7-2)19-10-8-17(19,5)9-11-19/h14-16H,6-13H2,1-5H3. The highest BCUT2D eigenvalue weighted by atomic mass is 14.8. The van der Waals surface area contributed by atoms with Gasteiger partial charge in [-0.25, -0.2) is 0 Å². The maximum atomic E-state index is 2.60. The van der Waals surface area contributed by atoms with Crippen molar-refractivity contribution in [2.75, 3.05) is 0 Å². The number of hydrogen-bond acceptors (Lipinski definition) is 0. The normalized spacial score (nSPS) is 50.7. The molecule has 3 aliphatic rings. The molecule has 19 heavy (non-hydrogen) atoms. The third-order valence-electron chi connectivity index (χ3n) is 8.24. The largest absolute Gasteiger partial charge is 0.0651 e. The molecule has 0 aromatic heterocycles. The summed E-state index contributed by atoms with van der Waals surface area (Å²) in [5, 5.41) is 0. The molecule has 0 heterocycles. The Hall–Kier alpha value is 0. The van der Waals surface area contributed by atoms with E-state index in [0.717, 1.165) is 34.0 Å². The van der Waals surface area contributed by atoms with Crippen LogP contribution >= 0.6 is 0 Å². The first-order valence-corrected chi connectivity index (χ1v) is 8.95. The van der Waals surface area contributed by atoms with Gasteiger partial charge >= 0.3 is 0 Å². The van der Waals surface area contributed by atoms with Crippen LogP contribution in [-0.4, -0.2) is 0 Å². The molecule has 0 nitrogen and oxygen atoms in total. The van der Waals surface area contributed by atoms with Crippen molar-refractivity contribution in [1.29, 1.82) is 0 Å². The highest BCUT2D eigenvalue weighted by Gasteiger charge is 2.77. The summed E-state index contributed by atoms with van der Waals surface area (Å²) in [6, 6.07) is 0. The minimum atomic E-state index is 0.758. The molecule has 4 atom stereocenters. The Kier molecular flexibility index (Phi) is 3.12. The summed E-state index contributed by atoms with van der Waals surface area (Å²) in [5.41, 5.74) is 2.32. The van der Waals surface area contributed by atoms with Crippen molar-refractivity contribution in [3.8, 4) is 0 Å². The van der Waals surface area contributed by atoms with Crippen LogP contribution in [0.4, 0.5) is 0 Å². The van der Waals surface area contributed by atoms with Gasteiger partial charge in [-0.05, 0) is 78.9 Å². The van der Waals surface area contributed by atoms with Gasteiger partial charge in [-0.2, -0.15) is 0 Å². The van der Waals surface area contributed by atoms with Crippen LogP contribution in [0.3, 0.4) is 0 Å². The lowest BCUT2D eigenvalue weighted by Crippen LogP contribution is -2.62. The van der Waals surface area contributed by atoms with Crippen LogP contribution in [0.2, 0.25) is 0 Å². The maximum absolute atomic E-state index is 2.60. The Morgan fingerprint density at radius 2 is 1.68 bits per heavy atom. The quantitative estimate of drug-likeness (QED) is 0.546. The second-order valence-electron chi connectivity index (χ2n) is 8.69. The molecule has 0 aromatic rings. The molecule has 0 spiro atoms. The van der Waals surface area contributed by atoms with Gasteiger partial charge in [0.25, 0.3) is 0 Å². The van der Waals surface area contributed by atoms with Gasteiger partial charge in [-0.3, -0.25) is 0 Å². The summed E-state index contributed by atoms with van der Waals surface area (Å²) in [5.74, 6) is 2.96. The topological polar surface area (TPSA) is 0 Å². The average Bonchev–Trinajstić information content (AvgIpc) is 3.14. The molecular weight excluding hydrogens is 228 g/mol. The van der Waals surface area contributed by atoms with Crippen LogP contribution in [0.15, 0.2) is 0 Å². The van der Waals surface area contributed by atoms with Crippen molar-refractivity contribution >= 4 is 0 Å². The molecule has 3 rings (SSSR count). The number of rotatable bonds is 6. The average molecular weight is 262 g/mol. The minimum absolute atomic E-state index is 0.758. The van der Waals surface area contributed by atoms with Crippen LogP contribution in [0.25, 0.3) is 0 Å². The lowest BCUT2D eigenvalue weighted by Gasteiger charge is -2.71. The van der Waals surface area contributed by atoms with E-state index in [1.54, 1.807) is 19.3 Å². The molecular formula is C19H34. The van der Waals surface area contributed by atoms with Crippen LogP contribution < -0.4 is 0 Å². The minimum Gasteiger partial charge on any atom is -0.0651 e. The van der Waals surface area contributed by atoms with Gasteiger partial charge < -0.3 is 0 Å². The van der Waals surface area contributed by atoms with E-state index in [2.05, 4.69) is 34.6 Å². The molecule has 0 aromatic carbocycles. The van der Waals surface area contributed by atoms with Gasteiger partial charge in [0.05, 0.1) is 0 Å². The first-order chi connectivity index (χ1) is 8.95. The molecule has 0 saturated heterocycles. The van der Waals surface area contributed by atoms with Crippen molar-refractivity contribution in [3.05, 3.63) is 0 Å². The van der Waals surface area contributed by atoms with Crippen molar-refractivity contribution in [2.45, 2.75) is 86.0 Å². The van der Waals surface area contributed by atoms with Crippen LogP contribution in [0.1, 0.15) is 86.0 Å². The van der Waals surface area contributed by atoms with E-state index in [9.17, 15) is 0 Å². The molecule has 0 N–H and O–H groups in total. The zero-order valence-corrected chi connectivity index (χ0v) is 13.9.